The fraction of sp³-hybridized carbons (Fsp3) is 0.500. The fourth-order valence-corrected chi connectivity index (χ4v) is 3.58. The second-order valence-electron chi connectivity index (χ2n) is 5.66. The third-order valence-electron chi connectivity index (χ3n) is 4.14. The van der Waals surface area contributed by atoms with Crippen molar-refractivity contribution in [2.24, 2.45) is 11.7 Å². The molecule has 0 atom stereocenters. The maximum atomic E-state index is 12.4. The monoisotopic (exact) mass is 321 g/mol. The minimum atomic E-state index is -0.480. The van der Waals surface area contributed by atoms with E-state index >= 15 is 0 Å². The van der Waals surface area contributed by atoms with Gasteiger partial charge >= 0.3 is 6.03 Å². The van der Waals surface area contributed by atoms with Crippen molar-refractivity contribution in [1.29, 1.82) is 0 Å². The summed E-state index contributed by atoms with van der Waals surface area (Å²) in [5.41, 5.74) is 7.13. The third-order valence-corrected chi connectivity index (χ3v) is 4.95. The van der Waals surface area contributed by atoms with Crippen molar-refractivity contribution in [2.75, 3.05) is 30.4 Å². The number of nitrogens with two attached hydrogens (primary N) is 1. The van der Waals surface area contributed by atoms with Crippen molar-refractivity contribution in [3.63, 3.8) is 0 Å². The number of carbonyl (C=O) groups is 2. The van der Waals surface area contributed by atoms with Crippen LogP contribution in [0.1, 0.15) is 28.8 Å². The molecule has 1 aliphatic heterocycles. The lowest BCUT2D eigenvalue weighted by Crippen LogP contribution is -2.41. The minimum Gasteiger partial charge on any atom is -0.366 e. The normalized spacial score (nSPS) is 15.6. The molecule has 0 saturated carbocycles. The second kappa shape index (κ2) is 7.54. The Labute approximate surface area is 135 Å². The van der Waals surface area contributed by atoms with Crippen molar-refractivity contribution < 1.29 is 9.59 Å². The zero-order chi connectivity index (χ0) is 16.1. The average molecular weight is 321 g/mol. The van der Waals surface area contributed by atoms with Gasteiger partial charge in [-0.05, 0) is 55.4 Å². The summed E-state index contributed by atoms with van der Waals surface area (Å²) in [5.74, 6) is 1.39. The molecular weight excluding hydrogens is 298 g/mol. The van der Waals surface area contributed by atoms with E-state index in [1.165, 1.54) is 0 Å². The number of hydrogen-bond acceptors (Lipinski definition) is 3. The van der Waals surface area contributed by atoms with Gasteiger partial charge in [0.05, 0.1) is 0 Å². The van der Waals surface area contributed by atoms with Crippen LogP contribution in [0.3, 0.4) is 0 Å². The first-order chi connectivity index (χ1) is 10.5. The van der Waals surface area contributed by atoms with Gasteiger partial charge in [-0.1, -0.05) is 6.07 Å². The van der Waals surface area contributed by atoms with Gasteiger partial charge in [0.2, 0.25) is 5.91 Å². The summed E-state index contributed by atoms with van der Waals surface area (Å²) in [4.78, 5) is 25.6. The molecule has 0 aliphatic carbocycles. The van der Waals surface area contributed by atoms with Gasteiger partial charge < -0.3 is 16.0 Å². The Morgan fingerprint density at radius 2 is 2.05 bits per heavy atom. The minimum absolute atomic E-state index is 0.104. The van der Waals surface area contributed by atoms with E-state index in [0.29, 0.717) is 22.7 Å². The molecule has 1 aromatic carbocycles. The molecule has 0 bridgehead atoms. The molecule has 1 heterocycles. The zero-order valence-corrected chi connectivity index (χ0v) is 13.9. The van der Waals surface area contributed by atoms with Gasteiger partial charge in [-0.2, -0.15) is 11.8 Å². The van der Waals surface area contributed by atoms with E-state index < -0.39 is 5.91 Å². The number of carbonyl (C=O) groups excluding carboxylic acids is 2. The molecule has 22 heavy (non-hydrogen) atoms. The Bertz CT molecular complexity index is 554. The van der Waals surface area contributed by atoms with Crippen molar-refractivity contribution in [3.8, 4) is 0 Å². The summed E-state index contributed by atoms with van der Waals surface area (Å²) in [5, 5.41) is 2.90. The Kier molecular flexibility index (Phi) is 5.71. The highest BCUT2D eigenvalue weighted by Gasteiger charge is 2.23. The van der Waals surface area contributed by atoms with Gasteiger partial charge in [0, 0.05) is 24.3 Å². The lowest BCUT2D eigenvalue weighted by Gasteiger charge is -2.32. The van der Waals surface area contributed by atoms with Crippen LogP contribution < -0.4 is 11.1 Å². The highest BCUT2D eigenvalue weighted by atomic mass is 32.2. The Hall–Kier alpha value is -1.69. The van der Waals surface area contributed by atoms with Crippen LogP contribution in [0.5, 0.6) is 0 Å². The smallest absolute Gasteiger partial charge is 0.321 e. The number of nitrogens with one attached hydrogen (secondary N) is 1. The van der Waals surface area contributed by atoms with E-state index in [0.717, 1.165) is 31.7 Å². The summed E-state index contributed by atoms with van der Waals surface area (Å²) in [6, 6.07) is 5.08. The molecule has 3 N–H and O–H groups in total. The Morgan fingerprint density at radius 3 is 2.64 bits per heavy atom. The van der Waals surface area contributed by atoms with Crippen molar-refractivity contribution in [2.45, 2.75) is 19.8 Å². The van der Waals surface area contributed by atoms with E-state index in [-0.39, 0.29) is 6.03 Å². The van der Waals surface area contributed by atoms with Crippen LogP contribution >= 0.6 is 11.8 Å². The number of nitrogens with zero attached hydrogens (tertiary/aromatic N) is 1. The molecule has 6 heteroatoms. The molecule has 1 aliphatic rings. The molecule has 0 unspecified atom stereocenters. The number of anilines is 1. The summed E-state index contributed by atoms with van der Waals surface area (Å²) in [7, 11) is 0. The Balaban J connectivity index is 1.98. The largest absolute Gasteiger partial charge is 0.366 e. The van der Waals surface area contributed by atoms with Gasteiger partial charge in [0.15, 0.2) is 0 Å². The van der Waals surface area contributed by atoms with Crippen LogP contribution in [0.25, 0.3) is 0 Å². The quantitative estimate of drug-likeness (QED) is 0.895. The van der Waals surface area contributed by atoms with Crippen LogP contribution in [-0.4, -0.2) is 41.9 Å². The first-order valence-corrected chi connectivity index (χ1v) is 8.86. The van der Waals surface area contributed by atoms with E-state index in [9.17, 15) is 9.59 Å². The molecule has 1 aromatic rings. The van der Waals surface area contributed by atoms with Crippen LogP contribution in [0.2, 0.25) is 0 Å². The topological polar surface area (TPSA) is 75.4 Å². The number of piperidine rings is 1. The van der Waals surface area contributed by atoms with Gasteiger partial charge in [0.1, 0.15) is 0 Å². The number of urea groups is 1. The predicted molar refractivity (Wildman–Crippen MR) is 91.4 cm³/mol. The number of hydrogen-bond donors (Lipinski definition) is 2. The van der Waals surface area contributed by atoms with Gasteiger partial charge in [0.25, 0.3) is 0 Å². The summed E-state index contributed by atoms with van der Waals surface area (Å²) >= 11 is 1.86. The molecule has 2 rings (SSSR count). The lowest BCUT2D eigenvalue weighted by atomic mass is 9.99. The summed E-state index contributed by atoms with van der Waals surface area (Å²) in [6.45, 7) is 3.36. The van der Waals surface area contributed by atoms with Crippen molar-refractivity contribution in [1.82, 2.24) is 4.90 Å². The second-order valence-corrected chi connectivity index (χ2v) is 6.57. The highest BCUT2D eigenvalue weighted by molar-refractivity contribution is 7.98. The molecule has 1 saturated heterocycles. The lowest BCUT2D eigenvalue weighted by molar-refractivity contribution is 0.0999. The first-order valence-electron chi connectivity index (χ1n) is 7.47. The molecule has 0 aromatic heterocycles. The maximum Gasteiger partial charge on any atom is 0.321 e. The number of amides is 3. The molecule has 0 spiro atoms. The van der Waals surface area contributed by atoms with Crippen molar-refractivity contribution >= 4 is 29.4 Å². The fourth-order valence-electron chi connectivity index (χ4n) is 2.77. The molecule has 1 fully saturated rings. The zero-order valence-electron chi connectivity index (χ0n) is 13.1. The Morgan fingerprint density at radius 1 is 1.36 bits per heavy atom. The first kappa shape index (κ1) is 16.7. The number of primary amides is 1. The van der Waals surface area contributed by atoms with E-state index in [4.69, 9.17) is 5.73 Å². The molecule has 120 valence electrons. The summed E-state index contributed by atoms with van der Waals surface area (Å²) < 4.78 is 0. The van der Waals surface area contributed by atoms with Crippen LogP contribution in [0.15, 0.2) is 18.2 Å². The maximum absolute atomic E-state index is 12.4. The molecule has 0 radical (unpaired) electrons. The molecule has 3 amide bonds. The number of rotatable bonds is 4. The predicted octanol–water partition coefficient (Wildman–Crippen LogP) is 2.70. The van der Waals surface area contributed by atoms with Crippen LogP contribution in [-0.2, 0) is 0 Å². The van der Waals surface area contributed by atoms with Gasteiger partial charge in [-0.25, -0.2) is 4.79 Å². The van der Waals surface area contributed by atoms with Crippen LogP contribution in [0.4, 0.5) is 10.5 Å². The van der Waals surface area contributed by atoms with E-state index in [1.54, 1.807) is 25.1 Å². The van der Waals surface area contributed by atoms with Gasteiger partial charge in [-0.3, -0.25) is 4.79 Å². The van der Waals surface area contributed by atoms with E-state index in [1.807, 2.05) is 16.7 Å². The average Bonchev–Trinajstić information content (AvgIpc) is 2.50. The van der Waals surface area contributed by atoms with Crippen molar-refractivity contribution in [3.05, 3.63) is 29.3 Å². The highest BCUT2D eigenvalue weighted by Crippen LogP contribution is 2.23. The van der Waals surface area contributed by atoms with Gasteiger partial charge in [-0.15, -0.1) is 0 Å². The summed E-state index contributed by atoms with van der Waals surface area (Å²) in [6.07, 6.45) is 4.22. The number of likely N-dealkylation sites (tertiary alicyclic amines) is 1. The van der Waals surface area contributed by atoms with E-state index in [2.05, 4.69) is 11.6 Å². The number of benzene rings is 1. The van der Waals surface area contributed by atoms with Crippen LogP contribution in [0, 0.1) is 12.8 Å². The number of thioether (sulfide) groups is 1. The third kappa shape index (κ3) is 3.94. The SMILES string of the molecule is CSCC1CCN(C(=O)Nc2cccc(C(N)=O)c2C)CC1. The standard InChI is InChI=1S/C16H23N3O2S/c1-11-13(15(17)20)4-3-5-14(11)18-16(21)19-8-6-12(7-9-19)10-22-2/h3-5,12H,6-10H2,1-2H3,(H2,17,20)(H,18,21). The molecular formula is C16H23N3O2S. The molecule has 5 nitrogen and oxygen atoms in total.